The van der Waals surface area contributed by atoms with Crippen molar-refractivity contribution in [3.05, 3.63) is 35.4 Å². The Labute approximate surface area is 97.9 Å². The Morgan fingerprint density at radius 2 is 1.44 bits per heavy atom. The number of hydrogen-bond acceptors (Lipinski definition) is 2. The lowest BCUT2D eigenvalue weighted by molar-refractivity contribution is 0.578. The van der Waals surface area contributed by atoms with Gasteiger partial charge in [-0.05, 0) is 31.0 Å². The van der Waals surface area contributed by atoms with E-state index in [0.717, 1.165) is 5.56 Å². The van der Waals surface area contributed by atoms with Gasteiger partial charge in [-0.15, -0.1) is 0 Å². The standard InChI is InChI=1S/C12H19NO2S/c1-9(2)11-5-7-12(8-6-11)10(3)16(14,15)13-4/h5-10,13H,1-4H3. The van der Waals surface area contributed by atoms with Gasteiger partial charge in [-0.1, -0.05) is 38.1 Å². The van der Waals surface area contributed by atoms with E-state index in [1.165, 1.54) is 12.6 Å². The van der Waals surface area contributed by atoms with Crippen molar-refractivity contribution in [2.75, 3.05) is 7.05 Å². The Morgan fingerprint density at radius 1 is 1.00 bits per heavy atom. The Kier molecular flexibility index (Phi) is 4.10. The van der Waals surface area contributed by atoms with E-state index in [4.69, 9.17) is 0 Å². The van der Waals surface area contributed by atoms with Gasteiger partial charge in [0.05, 0.1) is 5.25 Å². The molecule has 1 aromatic carbocycles. The van der Waals surface area contributed by atoms with Crippen molar-refractivity contribution in [2.24, 2.45) is 0 Å². The van der Waals surface area contributed by atoms with Crippen molar-refractivity contribution >= 4 is 10.0 Å². The van der Waals surface area contributed by atoms with Gasteiger partial charge in [0, 0.05) is 0 Å². The van der Waals surface area contributed by atoms with Gasteiger partial charge in [0.2, 0.25) is 10.0 Å². The first-order valence-electron chi connectivity index (χ1n) is 5.40. The van der Waals surface area contributed by atoms with Crippen LogP contribution in [0.25, 0.3) is 0 Å². The molecule has 0 saturated carbocycles. The minimum absolute atomic E-state index is 0.463. The van der Waals surface area contributed by atoms with Gasteiger partial charge in [-0.3, -0.25) is 0 Å². The lowest BCUT2D eigenvalue weighted by atomic mass is 10.0. The molecule has 1 N–H and O–H groups in total. The summed E-state index contributed by atoms with van der Waals surface area (Å²) in [6, 6.07) is 7.74. The summed E-state index contributed by atoms with van der Waals surface area (Å²) in [5.74, 6) is 0.463. The fraction of sp³-hybridized carbons (Fsp3) is 0.500. The fourth-order valence-electron chi connectivity index (χ4n) is 1.51. The molecule has 0 fully saturated rings. The SMILES string of the molecule is CNS(=O)(=O)C(C)c1ccc(C(C)C)cc1. The number of rotatable bonds is 4. The van der Waals surface area contributed by atoms with Crippen LogP contribution in [0.1, 0.15) is 43.1 Å². The summed E-state index contributed by atoms with van der Waals surface area (Å²) in [6.45, 7) is 5.92. The van der Waals surface area contributed by atoms with E-state index in [1.54, 1.807) is 6.92 Å². The zero-order chi connectivity index (χ0) is 12.3. The summed E-state index contributed by atoms with van der Waals surface area (Å²) in [5.41, 5.74) is 2.04. The highest BCUT2D eigenvalue weighted by Crippen LogP contribution is 2.23. The summed E-state index contributed by atoms with van der Waals surface area (Å²) in [7, 11) is -1.80. The van der Waals surface area contributed by atoms with Gasteiger partial charge in [0.15, 0.2) is 0 Å². The van der Waals surface area contributed by atoms with E-state index in [0.29, 0.717) is 5.92 Å². The van der Waals surface area contributed by atoms with Gasteiger partial charge < -0.3 is 0 Å². The van der Waals surface area contributed by atoms with Crippen molar-refractivity contribution in [2.45, 2.75) is 31.9 Å². The Balaban J connectivity index is 2.99. The molecule has 90 valence electrons. The fourth-order valence-corrected chi connectivity index (χ4v) is 2.38. The van der Waals surface area contributed by atoms with Gasteiger partial charge in [-0.25, -0.2) is 13.1 Å². The third-order valence-corrected chi connectivity index (χ3v) is 4.59. The lowest BCUT2D eigenvalue weighted by Crippen LogP contribution is -2.24. The van der Waals surface area contributed by atoms with Crippen LogP contribution >= 0.6 is 0 Å². The Bertz CT molecular complexity index is 435. The molecule has 0 spiro atoms. The summed E-state index contributed by atoms with van der Waals surface area (Å²) < 4.78 is 25.6. The normalized spacial score (nSPS) is 14.1. The van der Waals surface area contributed by atoms with Gasteiger partial charge in [0.25, 0.3) is 0 Å². The summed E-state index contributed by atoms with van der Waals surface area (Å²) in [5, 5.41) is -0.515. The van der Waals surface area contributed by atoms with E-state index in [9.17, 15) is 8.42 Å². The monoisotopic (exact) mass is 241 g/mol. The average molecular weight is 241 g/mol. The van der Waals surface area contributed by atoms with Gasteiger partial charge >= 0.3 is 0 Å². The van der Waals surface area contributed by atoms with E-state index in [2.05, 4.69) is 18.6 Å². The molecule has 0 aliphatic carbocycles. The highest BCUT2D eigenvalue weighted by Gasteiger charge is 2.20. The number of nitrogens with one attached hydrogen (secondary N) is 1. The van der Waals surface area contributed by atoms with Crippen LogP contribution in [0.4, 0.5) is 0 Å². The van der Waals surface area contributed by atoms with Gasteiger partial charge in [-0.2, -0.15) is 0 Å². The number of benzene rings is 1. The van der Waals surface area contributed by atoms with Crippen LogP contribution in [0.3, 0.4) is 0 Å². The first-order chi connectivity index (χ1) is 7.38. The molecular formula is C12H19NO2S. The summed E-state index contributed by atoms with van der Waals surface area (Å²) in [6.07, 6.45) is 0. The van der Waals surface area contributed by atoms with Crippen molar-refractivity contribution in [1.29, 1.82) is 0 Å². The molecule has 1 unspecified atom stereocenters. The van der Waals surface area contributed by atoms with E-state index < -0.39 is 15.3 Å². The minimum Gasteiger partial charge on any atom is -0.218 e. The van der Waals surface area contributed by atoms with Crippen LogP contribution in [0.15, 0.2) is 24.3 Å². The zero-order valence-electron chi connectivity index (χ0n) is 10.2. The number of sulfonamides is 1. The smallest absolute Gasteiger partial charge is 0.218 e. The summed E-state index contributed by atoms with van der Waals surface area (Å²) in [4.78, 5) is 0. The second-order valence-electron chi connectivity index (χ2n) is 4.21. The molecule has 1 aromatic rings. The molecule has 0 aliphatic rings. The molecule has 1 atom stereocenters. The molecule has 0 amide bonds. The Hall–Kier alpha value is -0.870. The first-order valence-corrected chi connectivity index (χ1v) is 6.95. The van der Waals surface area contributed by atoms with Crippen LogP contribution in [-0.2, 0) is 10.0 Å². The number of hydrogen-bond donors (Lipinski definition) is 1. The predicted molar refractivity (Wildman–Crippen MR) is 66.9 cm³/mol. The van der Waals surface area contributed by atoms with Crippen molar-refractivity contribution in [3.63, 3.8) is 0 Å². The molecule has 0 radical (unpaired) electrons. The largest absolute Gasteiger partial charge is 0.218 e. The van der Waals surface area contributed by atoms with Crippen LogP contribution in [0.5, 0.6) is 0 Å². The molecular weight excluding hydrogens is 222 g/mol. The van der Waals surface area contributed by atoms with Crippen LogP contribution in [0, 0.1) is 0 Å². The highest BCUT2D eigenvalue weighted by molar-refractivity contribution is 7.89. The third-order valence-electron chi connectivity index (χ3n) is 2.82. The van der Waals surface area contributed by atoms with Crippen LogP contribution in [0.2, 0.25) is 0 Å². The highest BCUT2D eigenvalue weighted by atomic mass is 32.2. The molecule has 0 aromatic heterocycles. The first kappa shape index (κ1) is 13.2. The van der Waals surface area contributed by atoms with Crippen LogP contribution in [-0.4, -0.2) is 15.5 Å². The molecule has 1 rings (SSSR count). The summed E-state index contributed by atoms with van der Waals surface area (Å²) >= 11 is 0. The van der Waals surface area contributed by atoms with E-state index >= 15 is 0 Å². The molecule has 16 heavy (non-hydrogen) atoms. The van der Waals surface area contributed by atoms with E-state index in [-0.39, 0.29) is 0 Å². The Morgan fingerprint density at radius 3 is 1.81 bits per heavy atom. The zero-order valence-corrected chi connectivity index (χ0v) is 11.0. The van der Waals surface area contributed by atoms with E-state index in [1.807, 2.05) is 24.3 Å². The lowest BCUT2D eigenvalue weighted by Gasteiger charge is -2.13. The molecule has 0 bridgehead atoms. The maximum absolute atomic E-state index is 11.6. The molecule has 0 heterocycles. The minimum atomic E-state index is -3.23. The second-order valence-corrected chi connectivity index (χ2v) is 6.42. The maximum Gasteiger partial charge on any atom is 0.218 e. The quantitative estimate of drug-likeness (QED) is 0.880. The molecule has 3 nitrogen and oxygen atoms in total. The second kappa shape index (κ2) is 4.97. The average Bonchev–Trinajstić information content (AvgIpc) is 2.28. The van der Waals surface area contributed by atoms with Crippen molar-refractivity contribution < 1.29 is 8.42 Å². The van der Waals surface area contributed by atoms with Crippen molar-refractivity contribution in [1.82, 2.24) is 4.72 Å². The molecule has 0 aliphatic heterocycles. The maximum atomic E-state index is 11.6. The molecule has 4 heteroatoms. The van der Waals surface area contributed by atoms with Gasteiger partial charge in [0.1, 0.15) is 0 Å². The van der Waals surface area contributed by atoms with Crippen molar-refractivity contribution in [3.8, 4) is 0 Å². The third kappa shape index (κ3) is 2.83. The topological polar surface area (TPSA) is 46.2 Å². The van der Waals surface area contributed by atoms with Crippen LogP contribution < -0.4 is 4.72 Å². The molecule has 0 saturated heterocycles. The predicted octanol–water partition coefficient (Wildman–Crippen LogP) is 2.42.